The first-order valence-electron chi connectivity index (χ1n) is 10.8. The standard InChI is InChI=1S/C26H26N2O6/c1-31-22-13-17(14-23(32-2)25(22)33-3)26(30)27-18-15-24(29)28(16-18)19-9-11-21(12-10-19)34-20-7-5-4-6-8-20/h4-14,18H,15-16H2,1-3H3,(H,27,30). The lowest BCUT2D eigenvalue weighted by Crippen LogP contribution is -2.37. The second kappa shape index (κ2) is 10.2. The number of hydrogen-bond donors (Lipinski definition) is 1. The molecule has 1 saturated heterocycles. The van der Waals surface area contributed by atoms with E-state index in [1.807, 2.05) is 54.6 Å². The summed E-state index contributed by atoms with van der Waals surface area (Å²) in [6, 6.07) is 19.6. The third kappa shape index (κ3) is 4.91. The van der Waals surface area contributed by atoms with E-state index in [0.717, 1.165) is 11.4 Å². The summed E-state index contributed by atoms with van der Waals surface area (Å²) in [5.74, 6) is 2.19. The van der Waals surface area contributed by atoms with Crippen LogP contribution in [0.1, 0.15) is 16.8 Å². The number of amides is 2. The summed E-state index contributed by atoms with van der Waals surface area (Å²) in [6.07, 6.45) is 0.207. The molecule has 176 valence electrons. The quantitative estimate of drug-likeness (QED) is 0.544. The van der Waals surface area contributed by atoms with Gasteiger partial charge in [-0.15, -0.1) is 0 Å². The van der Waals surface area contributed by atoms with Crippen molar-refractivity contribution < 1.29 is 28.5 Å². The Kier molecular flexibility index (Phi) is 6.87. The summed E-state index contributed by atoms with van der Waals surface area (Å²) in [7, 11) is 4.48. The van der Waals surface area contributed by atoms with E-state index in [2.05, 4.69) is 5.32 Å². The van der Waals surface area contributed by atoms with Crippen molar-refractivity contribution in [2.45, 2.75) is 12.5 Å². The van der Waals surface area contributed by atoms with Gasteiger partial charge in [-0.3, -0.25) is 9.59 Å². The number of benzene rings is 3. The second-order valence-electron chi connectivity index (χ2n) is 7.70. The minimum absolute atomic E-state index is 0.0630. The molecule has 1 fully saturated rings. The summed E-state index contributed by atoms with van der Waals surface area (Å²) < 4.78 is 21.8. The number of nitrogens with one attached hydrogen (secondary N) is 1. The molecule has 3 aromatic rings. The number of carbonyl (C=O) groups excluding carboxylic acids is 2. The zero-order valence-corrected chi connectivity index (χ0v) is 19.2. The molecule has 2 amide bonds. The molecule has 0 spiro atoms. The van der Waals surface area contributed by atoms with Crippen LogP contribution in [-0.4, -0.2) is 45.7 Å². The first-order chi connectivity index (χ1) is 16.5. The van der Waals surface area contributed by atoms with Crippen LogP contribution in [0.15, 0.2) is 66.7 Å². The SMILES string of the molecule is COc1cc(C(=O)NC2CC(=O)N(c3ccc(Oc4ccccc4)cc3)C2)cc(OC)c1OC. The predicted octanol–water partition coefficient (Wildman–Crippen LogP) is 4.04. The average Bonchev–Trinajstić information content (AvgIpc) is 3.23. The van der Waals surface area contributed by atoms with Crippen LogP contribution >= 0.6 is 0 Å². The molecule has 0 aliphatic carbocycles. The number of para-hydroxylation sites is 1. The molecule has 0 radical (unpaired) electrons. The molecule has 1 heterocycles. The van der Waals surface area contributed by atoms with Crippen LogP contribution in [0.3, 0.4) is 0 Å². The van der Waals surface area contributed by atoms with Gasteiger partial charge < -0.3 is 29.2 Å². The topological polar surface area (TPSA) is 86.3 Å². The van der Waals surface area contributed by atoms with Crippen molar-refractivity contribution in [3.05, 3.63) is 72.3 Å². The summed E-state index contributed by atoms with van der Waals surface area (Å²) in [6.45, 7) is 0.369. The Balaban J connectivity index is 1.42. The Morgan fingerprint density at radius 1 is 0.882 bits per heavy atom. The minimum Gasteiger partial charge on any atom is -0.493 e. The van der Waals surface area contributed by atoms with Gasteiger partial charge in [-0.25, -0.2) is 0 Å². The molecular weight excluding hydrogens is 436 g/mol. The Hall–Kier alpha value is -4.20. The average molecular weight is 463 g/mol. The number of carbonyl (C=O) groups is 2. The van der Waals surface area contributed by atoms with Gasteiger partial charge in [-0.1, -0.05) is 18.2 Å². The fraction of sp³-hybridized carbons (Fsp3) is 0.231. The molecule has 0 aromatic heterocycles. The van der Waals surface area contributed by atoms with Gasteiger partial charge in [0.2, 0.25) is 11.7 Å². The van der Waals surface area contributed by atoms with Gasteiger partial charge in [-0.2, -0.15) is 0 Å². The van der Waals surface area contributed by atoms with Crippen molar-refractivity contribution in [2.75, 3.05) is 32.8 Å². The number of anilines is 1. The summed E-state index contributed by atoms with van der Waals surface area (Å²) in [4.78, 5) is 27.2. The zero-order valence-electron chi connectivity index (χ0n) is 19.2. The highest BCUT2D eigenvalue weighted by Gasteiger charge is 2.32. The van der Waals surface area contributed by atoms with Crippen molar-refractivity contribution in [1.82, 2.24) is 5.32 Å². The molecule has 4 rings (SSSR count). The lowest BCUT2D eigenvalue weighted by molar-refractivity contribution is -0.117. The zero-order chi connectivity index (χ0) is 24.1. The van der Waals surface area contributed by atoms with E-state index < -0.39 is 0 Å². The smallest absolute Gasteiger partial charge is 0.251 e. The van der Waals surface area contributed by atoms with E-state index in [1.165, 1.54) is 21.3 Å². The fourth-order valence-corrected chi connectivity index (χ4v) is 3.85. The van der Waals surface area contributed by atoms with E-state index in [9.17, 15) is 9.59 Å². The van der Waals surface area contributed by atoms with Gasteiger partial charge in [0.25, 0.3) is 5.91 Å². The molecule has 8 nitrogen and oxygen atoms in total. The minimum atomic E-state index is -0.334. The monoisotopic (exact) mass is 462 g/mol. The Morgan fingerprint density at radius 2 is 1.50 bits per heavy atom. The van der Waals surface area contributed by atoms with Crippen LogP contribution < -0.4 is 29.2 Å². The summed E-state index contributed by atoms with van der Waals surface area (Å²) in [5, 5.41) is 2.93. The summed E-state index contributed by atoms with van der Waals surface area (Å²) in [5.41, 5.74) is 1.10. The molecule has 0 bridgehead atoms. The highest BCUT2D eigenvalue weighted by atomic mass is 16.5. The first kappa shape index (κ1) is 23.0. The van der Waals surface area contributed by atoms with Gasteiger partial charge in [0.1, 0.15) is 11.5 Å². The highest BCUT2D eigenvalue weighted by molar-refractivity contribution is 5.99. The Bertz CT molecular complexity index is 1140. The van der Waals surface area contributed by atoms with Crippen molar-refractivity contribution in [1.29, 1.82) is 0 Å². The third-order valence-electron chi connectivity index (χ3n) is 5.51. The van der Waals surface area contributed by atoms with E-state index in [4.69, 9.17) is 18.9 Å². The maximum atomic E-state index is 12.9. The van der Waals surface area contributed by atoms with Crippen molar-refractivity contribution >= 4 is 17.5 Å². The first-order valence-corrected chi connectivity index (χ1v) is 10.8. The van der Waals surface area contributed by atoms with E-state index in [1.54, 1.807) is 17.0 Å². The molecule has 0 saturated carbocycles. The predicted molar refractivity (Wildman–Crippen MR) is 127 cm³/mol. The Labute approximate surface area is 198 Å². The van der Waals surface area contributed by atoms with Crippen LogP contribution in [0.4, 0.5) is 5.69 Å². The van der Waals surface area contributed by atoms with E-state index in [-0.39, 0.29) is 24.3 Å². The van der Waals surface area contributed by atoms with Gasteiger partial charge in [0.15, 0.2) is 11.5 Å². The van der Waals surface area contributed by atoms with Gasteiger partial charge >= 0.3 is 0 Å². The molecule has 1 aliphatic heterocycles. The number of methoxy groups -OCH3 is 3. The van der Waals surface area contributed by atoms with Crippen LogP contribution in [-0.2, 0) is 4.79 Å². The molecule has 1 N–H and O–H groups in total. The van der Waals surface area contributed by atoms with Crippen molar-refractivity contribution in [3.8, 4) is 28.7 Å². The molecule has 3 aromatic carbocycles. The molecular formula is C26H26N2O6. The fourth-order valence-electron chi connectivity index (χ4n) is 3.85. The maximum absolute atomic E-state index is 12.9. The van der Waals surface area contributed by atoms with Crippen molar-refractivity contribution in [2.24, 2.45) is 0 Å². The van der Waals surface area contributed by atoms with Crippen LogP contribution in [0.5, 0.6) is 28.7 Å². The van der Waals surface area contributed by atoms with Crippen LogP contribution in [0.25, 0.3) is 0 Å². The lowest BCUT2D eigenvalue weighted by Gasteiger charge is -2.18. The van der Waals surface area contributed by atoms with Crippen LogP contribution in [0, 0.1) is 0 Å². The number of nitrogens with zero attached hydrogens (tertiary/aromatic N) is 1. The van der Waals surface area contributed by atoms with Gasteiger partial charge in [0, 0.05) is 24.2 Å². The number of hydrogen-bond acceptors (Lipinski definition) is 6. The molecule has 1 unspecified atom stereocenters. The number of ether oxygens (including phenoxy) is 4. The van der Waals surface area contributed by atoms with Crippen molar-refractivity contribution in [3.63, 3.8) is 0 Å². The third-order valence-corrected chi connectivity index (χ3v) is 5.51. The van der Waals surface area contributed by atoms with Gasteiger partial charge in [-0.05, 0) is 48.5 Å². The largest absolute Gasteiger partial charge is 0.493 e. The normalized spacial score (nSPS) is 15.1. The molecule has 34 heavy (non-hydrogen) atoms. The maximum Gasteiger partial charge on any atom is 0.251 e. The van der Waals surface area contributed by atoms with E-state index >= 15 is 0 Å². The number of rotatable bonds is 8. The molecule has 1 atom stereocenters. The highest BCUT2D eigenvalue weighted by Crippen LogP contribution is 2.38. The van der Waals surface area contributed by atoms with Gasteiger partial charge in [0.05, 0.1) is 27.4 Å². The van der Waals surface area contributed by atoms with E-state index in [0.29, 0.717) is 35.1 Å². The molecule has 1 aliphatic rings. The summed E-state index contributed by atoms with van der Waals surface area (Å²) >= 11 is 0. The van der Waals surface area contributed by atoms with Crippen LogP contribution in [0.2, 0.25) is 0 Å². The lowest BCUT2D eigenvalue weighted by atomic mass is 10.1. The Morgan fingerprint density at radius 3 is 2.09 bits per heavy atom. The molecule has 8 heteroatoms. The second-order valence-corrected chi connectivity index (χ2v) is 7.70.